The molecule has 0 unspecified atom stereocenters. The van der Waals surface area contributed by atoms with Gasteiger partial charge in [0.15, 0.2) is 0 Å². The maximum atomic E-state index is 8.76. The Hall–Kier alpha value is -1.09. The number of hydrogen-bond acceptors (Lipinski definition) is 3. The van der Waals surface area contributed by atoms with E-state index in [2.05, 4.69) is 11.6 Å². The van der Waals surface area contributed by atoms with E-state index in [9.17, 15) is 0 Å². The molecule has 1 heterocycles. The summed E-state index contributed by atoms with van der Waals surface area (Å²) < 4.78 is 0. The Morgan fingerprint density at radius 3 is 3.27 bits per heavy atom. The lowest BCUT2D eigenvalue weighted by Gasteiger charge is -2.20. The minimum absolute atomic E-state index is 0.0258. The quantitative estimate of drug-likeness (QED) is 0.605. The van der Waals surface area contributed by atoms with E-state index in [0.717, 1.165) is 13.0 Å². The molecule has 0 aromatic heterocycles. The highest BCUT2D eigenvalue weighted by Crippen LogP contribution is 2.07. The van der Waals surface area contributed by atoms with Gasteiger partial charge in [-0.25, -0.2) is 4.99 Å². The Kier molecular flexibility index (Phi) is 2.86. The van der Waals surface area contributed by atoms with E-state index in [4.69, 9.17) is 5.11 Å². The highest BCUT2D eigenvalue weighted by atomic mass is 16.3. The molecule has 11 heavy (non-hydrogen) atoms. The van der Waals surface area contributed by atoms with Crippen molar-refractivity contribution in [3.63, 3.8) is 0 Å². The Morgan fingerprint density at radius 2 is 2.64 bits per heavy atom. The van der Waals surface area contributed by atoms with Crippen molar-refractivity contribution in [3.05, 3.63) is 24.4 Å². The monoisotopic (exact) mass is 152 g/mol. The molecule has 0 aliphatic carbocycles. The SMILES string of the molecule is C=CCC1=CN=CN(CO)C1. The molecule has 3 nitrogen and oxygen atoms in total. The molecule has 0 fully saturated rings. The van der Waals surface area contributed by atoms with Gasteiger partial charge in [-0.3, -0.25) is 0 Å². The minimum Gasteiger partial charge on any atom is -0.376 e. The first-order chi connectivity index (χ1) is 5.36. The zero-order valence-electron chi connectivity index (χ0n) is 6.40. The largest absolute Gasteiger partial charge is 0.376 e. The van der Waals surface area contributed by atoms with Crippen LogP contribution in [0.3, 0.4) is 0 Å². The van der Waals surface area contributed by atoms with Crippen LogP contribution in [0.1, 0.15) is 6.42 Å². The Labute approximate surface area is 66.4 Å². The van der Waals surface area contributed by atoms with E-state index < -0.39 is 0 Å². The molecule has 0 bridgehead atoms. The van der Waals surface area contributed by atoms with E-state index in [1.165, 1.54) is 5.57 Å². The number of rotatable bonds is 3. The van der Waals surface area contributed by atoms with E-state index in [1.807, 2.05) is 12.3 Å². The lowest BCUT2D eigenvalue weighted by Crippen LogP contribution is -2.27. The van der Waals surface area contributed by atoms with Crippen LogP contribution in [0, 0.1) is 0 Å². The van der Waals surface area contributed by atoms with E-state index in [-0.39, 0.29) is 6.73 Å². The summed E-state index contributed by atoms with van der Waals surface area (Å²) in [5.74, 6) is 0. The molecule has 0 aromatic rings. The van der Waals surface area contributed by atoms with Crippen LogP contribution in [0.5, 0.6) is 0 Å². The summed E-state index contributed by atoms with van der Waals surface area (Å²) in [7, 11) is 0. The number of hydrogen-bond donors (Lipinski definition) is 1. The maximum absolute atomic E-state index is 8.76. The average Bonchev–Trinajstić information content (AvgIpc) is 2.06. The molecule has 1 rings (SSSR count). The summed E-state index contributed by atoms with van der Waals surface area (Å²) in [5, 5.41) is 8.76. The second-order valence-electron chi connectivity index (χ2n) is 2.43. The molecule has 0 saturated heterocycles. The van der Waals surface area contributed by atoms with Gasteiger partial charge in [0.25, 0.3) is 0 Å². The van der Waals surface area contributed by atoms with Gasteiger partial charge in [-0.15, -0.1) is 6.58 Å². The lowest BCUT2D eigenvalue weighted by atomic mass is 10.2. The van der Waals surface area contributed by atoms with Gasteiger partial charge in [0.1, 0.15) is 6.73 Å². The third-order valence-electron chi connectivity index (χ3n) is 1.48. The Balaban J connectivity index is 2.49. The van der Waals surface area contributed by atoms with Gasteiger partial charge in [-0.1, -0.05) is 6.08 Å². The van der Waals surface area contributed by atoms with Gasteiger partial charge in [0, 0.05) is 12.7 Å². The van der Waals surface area contributed by atoms with Gasteiger partial charge < -0.3 is 10.0 Å². The van der Waals surface area contributed by atoms with Crippen LogP contribution in [0.15, 0.2) is 29.4 Å². The number of allylic oxidation sites excluding steroid dienone is 1. The number of nitrogens with zero attached hydrogens (tertiary/aromatic N) is 2. The maximum Gasteiger partial charge on any atom is 0.116 e. The van der Waals surface area contributed by atoms with Crippen LogP contribution in [0.4, 0.5) is 0 Å². The molecule has 0 aromatic carbocycles. The molecular weight excluding hydrogens is 140 g/mol. The van der Waals surface area contributed by atoms with Crippen molar-refractivity contribution in [2.45, 2.75) is 6.42 Å². The van der Waals surface area contributed by atoms with Gasteiger partial charge in [-0.2, -0.15) is 0 Å². The van der Waals surface area contributed by atoms with Crippen molar-refractivity contribution in [1.29, 1.82) is 0 Å². The van der Waals surface area contributed by atoms with Crippen LogP contribution < -0.4 is 0 Å². The Bertz CT molecular complexity index is 196. The molecule has 0 amide bonds. The first-order valence-electron chi connectivity index (χ1n) is 3.54. The highest BCUT2D eigenvalue weighted by Gasteiger charge is 2.04. The summed E-state index contributed by atoms with van der Waals surface area (Å²) in [5.41, 5.74) is 1.18. The second kappa shape index (κ2) is 3.93. The summed E-state index contributed by atoms with van der Waals surface area (Å²) in [6.45, 7) is 4.41. The first kappa shape index (κ1) is 8.01. The molecule has 0 saturated carbocycles. The standard InChI is InChI=1S/C8H12N2O/c1-2-3-8-4-9-6-10(5-8)7-11/h2,4,6,11H,1,3,5,7H2. The normalized spacial score (nSPS) is 16.5. The summed E-state index contributed by atoms with van der Waals surface area (Å²) in [6.07, 6.45) is 6.12. The van der Waals surface area contributed by atoms with E-state index >= 15 is 0 Å². The lowest BCUT2D eigenvalue weighted by molar-refractivity contribution is 0.180. The predicted molar refractivity (Wildman–Crippen MR) is 45.2 cm³/mol. The van der Waals surface area contributed by atoms with Crippen LogP contribution in [0.25, 0.3) is 0 Å². The fourth-order valence-electron chi connectivity index (χ4n) is 0.965. The smallest absolute Gasteiger partial charge is 0.116 e. The van der Waals surface area contributed by atoms with Crippen LogP contribution >= 0.6 is 0 Å². The molecular formula is C8H12N2O. The summed E-state index contributed by atoms with van der Waals surface area (Å²) >= 11 is 0. The summed E-state index contributed by atoms with van der Waals surface area (Å²) in [4.78, 5) is 5.70. The zero-order chi connectivity index (χ0) is 8.10. The molecule has 0 spiro atoms. The second-order valence-corrected chi connectivity index (χ2v) is 2.43. The molecule has 60 valence electrons. The Morgan fingerprint density at radius 1 is 1.82 bits per heavy atom. The fourth-order valence-corrected chi connectivity index (χ4v) is 0.965. The summed E-state index contributed by atoms with van der Waals surface area (Å²) in [6, 6.07) is 0. The highest BCUT2D eigenvalue weighted by molar-refractivity contribution is 5.58. The number of aliphatic imine (C=N–C) groups is 1. The molecule has 1 aliphatic heterocycles. The first-order valence-corrected chi connectivity index (χ1v) is 3.54. The van der Waals surface area contributed by atoms with Crippen molar-refractivity contribution in [2.75, 3.05) is 13.3 Å². The van der Waals surface area contributed by atoms with Gasteiger partial charge in [0.2, 0.25) is 0 Å². The van der Waals surface area contributed by atoms with Crippen molar-refractivity contribution >= 4 is 6.34 Å². The van der Waals surface area contributed by atoms with Crippen molar-refractivity contribution in [3.8, 4) is 0 Å². The molecule has 3 heteroatoms. The van der Waals surface area contributed by atoms with Crippen LogP contribution in [0.2, 0.25) is 0 Å². The molecule has 1 aliphatic rings. The van der Waals surface area contributed by atoms with E-state index in [0.29, 0.717) is 0 Å². The third-order valence-corrected chi connectivity index (χ3v) is 1.48. The van der Waals surface area contributed by atoms with Crippen molar-refractivity contribution in [2.24, 2.45) is 4.99 Å². The third kappa shape index (κ3) is 2.20. The van der Waals surface area contributed by atoms with Gasteiger partial charge >= 0.3 is 0 Å². The zero-order valence-corrected chi connectivity index (χ0v) is 6.40. The van der Waals surface area contributed by atoms with Gasteiger partial charge in [0.05, 0.1) is 6.34 Å². The number of aliphatic hydroxyl groups is 1. The van der Waals surface area contributed by atoms with Crippen molar-refractivity contribution < 1.29 is 5.11 Å². The molecule has 1 N–H and O–H groups in total. The van der Waals surface area contributed by atoms with E-state index in [1.54, 1.807) is 11.2 Å². The fraction of sp³-hybridized carbons (Fsp3) is 0.375. The predicted octanol–water partition coefficient (Wildman–Crippen LogP) is 0.740. The topological polar surface area (TPSA) is 35.8 Å². The molecule has 0 atom stereocenters. The number of aliphatic hydroxyl groups excluding tert-OH is 1. The molecule has 0 radical (unpaired) electrons. The van der Waals surface area contributed by atoms with Crippen LogP contribution in [-0.4, -0.2) is 29.6 Å². The van der Waals surface area contributed by atoms with Crippen molar-refractivity contribution in [1.82, 2.24) is 4.90 Å². The minimum atomic E-state index is 0.0258. The van der Waals surface area contributed by atoms with Crippen LogP contribution in [-0.2, 0) is 0 Å². The van der Waals surface area contributed by atoms with Gasteiger partial charge in [-0.05, 0) is 12.0 Å². The average molecular weight is 152 g/mol.